The van der Waals surface area contributed by atoms with Gasteiger partial charge in [0.2, 0.25) is 0 Å². The summed E-state index contributed by atoms with van der Waals surface area (Å²) in [5.74, 6) is 0. The first-order valence-corrected chi connectivity index (χ1v) is 12.2. The van der Waals surface area contributed by atoms with Crippen LogP contribution < -0.4 is 0 Å². The van der Waals surface area contributed by atoms with Crippen molar-refractivity contribution in [1.29, 1.82) is 5.41 Å². The third kappa shape index (κ3) is 9.37. The maximum atomic E-state index is 7.86. The van der Waals surface area contributed by atoms with Crippen LogP contribution in [0.1, 0.15) is 140 Å². The van der Waals surface area contributed by atoms with Gasteiger partial charge in [-0.2, -0.15) is 0 Å². The van der Waals surface area contributed by atoms with Crippen LogP contribution in [0.5, 0.6) is 0 Å². The second-order valence-electron chi connectivity index (χ2n) is 13.2. The number of nitrogens with zero attached hydrogens (tertiary/aromatic N) is 1. The number of aliphatic imine (C=N–C) groups is 1. The minimum atomic E-state index is -0.272. The van der Waals surface area contributed by atoms with E-state index in [4.69, 9.17) is 10.4 Å². The van der Waals surface area contributed by atoms with Gasteiger partial charge in [-0.3, -0.25) is 0 Å². The Labute approximate surface area is 184 Å². The van der Waals surface area contributed by atoms with E-state index in [1.54, 1.807) is 0 Å². The van der Waals surface area contributed by atoms with E-state index >= 15 is 0 Å². The molecule has 0 saturated carbocycles. The summed E-state index contributed by atoms with van der Waals surface area (Å²) in [6, 6.07) is 2.54. The molecule has 0 heterocycles. The number of hydrogen-bond acceptors (Lipinski definition) is 2. The summed E-state index contributed by atoms with van der Waals surface area (Å²) >= 11 is 0. The summed E-state index contributed by atoms with van der Waals surface area (Å²) < 4.78 is 0. The van der Waals surface area contributed by atoms with E-state index in [1.165, 1.54) is 44.9 Å². The average Bonchev–Trinajstić information content (AvgIpc) is 2.47. The Bertz CT molecular complexity index is 480. The van der Waals surface area contributed by atoms with Crippen LogP contribution in [-0.4, -0.2) is 11.5 Å². The van der Waals surface area contributed by atoms with Gasteiger partial charge in [0.25, 0.3) is 0 Å². The molecule has 29 heavy (non-hydrogen) atoms. The van der Waals surface area contributed by atoms with Crippen molar-refractivity contribution in [2.45, 2.75) is 146 Å². The van der Waals surface area contributed by atoms with Gasteiger partial charge < -0.3 is 0 Å². The Morgan fingerprint density at radius 1 is 0.621 bits per heavy atom. The molecule has 0 aromatic carbocycles. The molecule has 172 valence electrons. The summed E-state index contributed by atoms with van der Waals surface area (Å²) in [6.07, 6.45) is 12.4. The van der Waals surface area contributed by atoms with Gasteiger partial charge in [-0.1, -0.05) is 121 Å². The van der Waals surface area contributed by atoms with E-state index in [1.807, 2.05) is 0 Å². The Balaban J connectivity index is 5.82. The van der Waals surface area contributed by atoms with E-state index in [0.717, 1.165) is 19.3 Å². The van der Waals surface area contributed by atoms with E-state index in [0.29, 0.717) is 0 Å². The zero-order valence-electron chi connectivity index (χ0n) is 22.0. The highest BCUT2D eigenvalue weighted by molar-refractivity contribution is 5.39. The molecule has 0 rings (SSSR count). The van der Waals surface area contributed by atoms with E-state index in [9.17, 15) is 0 Å². The largest absolute Gasteiger partial charge is 0.242 e. The van der Waals surface area contributed by atoms with Crippen molar-refractivity contribution in [3.05, 3.63) is 0 Å². The maximum absolute atomic E-state index is 7.86. The van der Waals surface area contributed by atoms with Crippen molar-refractivity contribution < 1.29 is 0 Å². The van der Waals surface area contributed by atoms with Crippen molar-refractivity contribution >= 4 is 6.01 Å². The SMILES string of the molecule is CCCCCCCCCC(N=C=N)(C(C)(C)CC(C)(C)C)C(C)(C)CC(C)(C)C. The van der Waals surface area contributed by atoms with Crippen LogP contribution >= 0.6 is 0 Å². The lowest BCUT2D eigenvalue weighted by Crippen LogP contribution is -2.56. The molecule has 0 fully saturated rings. The first-order valence-electron chi connectivity index (χ1n) is 12.2. The van der Waals surface area contributed by atoms with Gasteiger partial charge >= 0.3 is 0 Å². The molecule has 0 aromatic rings. The van der Waals surface area contributed by atoms with Crippen molar-refractivity contribution in [3.8, 4) is 0 Å². The standard InChI is InChI=1S/C27H54N2/c1-12-13-14-15-16-17-18-19-27(29-22-28,25(8,9)20-23(2,3)4)26(10,11)21-24(5,6)7/h28H,12-21H2,1-11H3. The lowest BCUT2D eigenvalue weighted by atomic mass is 9.51. The van der Waals surface area contributed by atoms with Crippen molar-refractivity contribution in [2.24, 2.45) is 26.7 Å². The fourth-order valence-corrected chi connectivity index (χ4v) is 6.33. The van der Waals surface area contributed by atoms with E-state index < -0.39 is 0 Å². The van der Waals surface area contributed by atoms with Crippen LogP contribution in [0.4, 0.5) is 0 Å². The molecule has 0 saturated heterocycles. The molecular formula is C27H54N2. The zero-order valence-corrected chi connectivity index (χ0v) is 22.0. The highest BCUT2D eigenvalue weighted by Gasteiger charge is 2.56. The predicted molar refractivity (Wildman–Crippen MR) is 131 cm³/mol. The number of nitrogens with one attached hydrogen (secondary N) is 1. The molecule has 0 aliphatic heterocycles. The first-order chi connectivity index (χ1) is 13.0. The molecule has 0 spiro atoms. The quantitative estimate of drug-likeness (QED) is 0.233. The molecule has 2 nitrogen and oxygen atoms in total. The summed E-state index contributed by atoms with van der Waals surface area (Å²) in [4.78, 5) is 4.93. The Morgan fingerprint density at radius 2 is 1.00 bits per heavy atom. The summed E-state index contributed by atoms with van der Waals surface area (Å²) in [7, 11) is 0. The molecule has 0 bridgehead atoms. The van der Waals surface area contributed by atoms with Crippen molar-refractivity contribution in [3.63, 3.8) is 0 Å². The molecule has 0 aliphatic carbocycles. The molecule has 0 radical (unpaired) electrons. The Kier molecular flexibility index (Phi) is 10.9. The van der Waals surface area contributed by atoms with Crippen LogP contribution in [-0.2, 0) is 0 Å². The Hall–Kier alpha value is -0.620. The molecule has 0 amide bonds. The Morgan fingerprint density at radius 3 is 1.34 bits per heavy atom. The first kappa shape index (κ1) is 28.4. The fraction of sp³-hybridized carbons (Fsp3) is 0.963. The minimum Gasteiger partial charge on any atom is -0.242 e. The minimum absolute atomic E-state index is 0.00371. The van der Waals surface area contributed by atoms with Gasteiger partial charge in [0.15, 0.2) is 0 Å². The average molecular weight is 407 g/mol. The normalized spacial score (nSPS) is 14.0. The number of unbranched alkanes of at least 4 members (excludes halogenated alkanes) is 6. The fourth-order valence-electron chi connectivity index (χ4n) is 6.33. The van der Waals surface area contributed by atoms with Gasteiger partial charge in [-0.15, -0.1) is 0 Å². The highest BCUT2D eigenvalue weighted by Crippen LogP contribution is 2.57. The van der Waals surface area contributed by atoms with Gasteiger partial charge in [0.1, 0.15) is 0 Å². The van der Waals surface area contributed by atoms with Gasteiger partial charge in [-0.05, 0) is 40.9 Å². The number of rotatable bonds is 13. The summed E-state index contributed by atoms with van der Waals surface area (Å²) in [6.45, 7) is 25.8. The van der Waals surface area contributed by atoms with Crippen molar-refractivity contribution in [2.75, 3.05) is 0 Å². The van der Waals surface area contributed by atoms with Crippen LogP contribution in [0.15, 0.2) is 4.99 Å². The second kappa shape index (κ2) is 11.1. The molecule has 0 unspecified atom stereocenters. The van der Waals surface area contributed by atoms with Crippen LogP contribution in [0.2, 0.25) is 0 Å². The van der Waals surface area contributed by atoms with Crippen LogP contribution in [0.3, 0.4) is 0 Å². The van der Waals surface area contributed by atoms with Crippen LogP contribution in [0.25, 0.3) is 0 Å². The summed E-state index contributed by atoms with van der Waals surface area (Å²) in [5.41, 5.74) is 0.173. The second-order valence-corrected chi connectivity index (χ2v) is 13.2. The molecule has 0 aromatic heterocycles. The monoisotopic (exact) mass is 406 g/mol. The third-order valence-corrected chi connectivity index (χ3v) is 6.57. The van der Waals surface area contributed by atoms with Gasteiger partial charge in [0, 0.05) is 0 Å². The predicted octanol–water partition coefficient (Wildman–Crippen LogP) is 9.54. The van der Waals surface area contributed by atoms with E-state index in [2.05, 4.69) is 82.2 Å². The van der Waals surface area contributed by atoms with Crippen LogP contribution in [0, 0.1) is 27.1 Å². The highest BCUT2D eigenvalue weighted by atomic mass is 14.9. The molecule has 2 heteroatoms. The van der Waals surface area contributed by atoms with Crippen molar-refractivity contribution in [1.82, 2.24) is 0 Å². The summed E-state index contributed by atoms with van der Waals surface area (Å²) in [5, 5.41) is 7.86. The molecule has 1 N–H and O–H groups in total. The lowest BCUT2D eigenvalue weighted by Gasteiger charge is -2.56. The molecule has 0 atom stereocenters. The maximum Gasteiger partial charge on any atom is 0.0868 e. The topological polar surface area (TPSA) is 36.2 Å². The zero-order chi connectivity index (χ0) is 23.0. The third-order valence-electron chi connectivity index (χ3n) is 6.57. The molecule has 0 aliphatic rings. The smallest absolute Gasteiger partial charge is 0.0868 e. The number of hydrogen-bond donors (Lipinski definition) is 1. The van der Waals surface area contributed by atoms with Gasteiger partial charge in [0.05, 0.1) is 11.5 Å². The lowest BCUT2D eigenvalue weighted by molar-refractivity contribution is -0.0214. The van der Waals surface area contributed by atoms with Gasteiger partial charge in [-0.25, -0.2) is 10.4 Å². The molecular weight excluding hydrogens is 352 g/mol. The van der Waals surface area contributed by atoms with E-state index in [-0.39, 0.29) is 27.2 Å².